The van der Waals surface area contributed by atoms with E-state index >= 15 is 0 Å². The van der Waals surface area contributed by atoms with Gasteiger partial charge in [0.05, 0.1) is 0 Å². The summed E-state index contributed by atoms with van der Waals surface area (Å²) in [5, 5.41) is 18.4. The molecule has 0 unspecified atom stereocenters. The van der Waals surface area contributed by atoms with Gasteiger partial charge in [-0.25, -0.2) is 4.79 Å². The number of aromatic carboxylic acids is 1. The molecule has 0 aliphatic heterocycles. The second kappa shape index (κ2) is 4.75. The number of benzene rings is 1. The summed E-state index contributed by atoms with van der Waals surface area (Å²) in [5.74, 6) is -0.899. The second-order valence-electron chi connectivity index (χ2n) is 4.65. The third kappa shape index (κ3) is 2.42. The van der Waals surface area contributed by atoms with E-state index in [9.17, 15) is 9.90 Å². The first kappa shape index (κ1) is 11.9. The van der Waals surface area contributed by atoms with Crippen molar-refractivity contribution in [3.05, 3.63) is 29.3 Å². The van der Waals surface area contributed by atoms with E-state index in [-0.39, 0.29) is 17.4 Å². The summed E-state index contributed by atoms with van der Waals surface area (Å²) in [7, 11) is 0. The number of carboxylic acids is 1. The summed E-state index contributed by atoms with van der Waals surface area (Å²) in [6.07, 6.45) is 4.60. The van der Waals surface area contributed by atoms with E-state index < -0.39 is 5.97 Å². The number of carboxylic acid groups (broad SMARTS) is 1. The lowest BCUT2D eigenvalue weighted by Crippen LogP contribution is -2.19. The molecule has 0 bridgehead atoms. The Labute approximate surface area is 100 Å². The van der Waals surface area contributed by atoms with Gasteiger partial charge in [-0.15, -0.1) is 0 Å². The maximum atomic E-state index is 10.9. The first-order chi connectivity index (χ1) is 8.09. The number of nitrogens with two attached hydrogens (primary N) is 1. The van der Waals surface area contributed by atoms with E-state index in [1.54, 1.807) is 6.07 Å². The zero-order valence-corrected chi connectivity index (χ0v) is 9.60. The average Bonchev–Trinajstić information content (AvgIpc) is 2.81. The van der Waals surface area contributed by atoms with Crippen LogP contribution in [0.25, 0.3) is 0 Å². The number of carbonyl (C=O) groups is 1. The van der Waals surface area contributed by atoms with Gasteiger partial charge in [0.2, 0.25) is 0 Å². The van der Waals surface area contributed by atoms with E-state index in [2.05, 4.69) is 0 Å². The van der Waals surface area contributed by atoms with Crippen LogP contribution in [0.4, 0.5) is 0 Å². The van der Waals surface area contributed by atoms with Gasteiger partial charge in [-0.2, -0.15) is 0 Å². The van der Waals surface area contributed by atoms with Gasteiger partial charge < -0.3 is 15.9 Å². The van der Waals surface area contributed by atoms with Crippen LogP contribution in [0.15, 0.2) is 18.2 Å². The largest absolute Gasteiger partial charge is 0.507 e. The summed E-state index contributed by atoms with van der Waals surface area (Å²) in [5.41, 5.74) is 6.87. The van der Waals surface area contributed by atoms with Gasteiger partial charge in [0.15, 0.2) is 0 Å². The molecule has 1 aliphatic rings. The molecule has 1 saturated carbocycles. The quantitative estimate of drug-likeness (QED) is 0.750. The van der Waals surface area contributed by atoms with E-state index in [0.29, 0.717) is 5.92 Å². The Balaban J connectivity index is 2.26. The fourth-order valence-electron chi connectivity index (χ4n) is 2.52. The molecule has 0 heterocycles. The Bertz CT molecular complexity index is 425. The maximum Gasteiger partial charge on any atom is 0.339 e. The lowest BCUT2D eigenvalue weighted by Gasteiger charge is -2.19. The molecule has 2 rings (SSSR count). The van der Waals surface area contributed by atoms with Crippen LogP contribution in [-0.4, -0.2) is 16.2 Å². The van der Waals surface area contributed by atoms with E-state index in [1.807, 2.05) is 0 Å². The van der Waals surface area contributed by atoms with Gasteiger partial charge in [-0.1, -0.05) is 18.9 Å². The third-order valence-electron chi connectivity index (χ3n) is 3.54. The van der Waals surface area contributed by atoms with Crippen molar-refractivity contribution in [1.82, 2.24) is 0 Å². The molecule has 4 N–H and O–H groups in total. The zero-order valence-electron chi connectivity index (χ0n) is 9.60. The first-order valence-corrected chi connectivity index (χ1v) is 5.91. The van der Waals surface area contributed by atoms with Crippen LogP contribution in [-0.2, 0) is 0 Å². The molecule has 4 nitrogen and oxygen atoms in total. The number of aromatic hydroxyl groups is 1. The van der Waals surface area contributed by atoms with Crippen molar-refractivity contribution in [3.8, 4) is 5.75 Å². The molecular formula is C13H17NO3. The van der Waals surface area contributed by atoms with Crippen molar-refractivity contribution in [2.45, 2.75) is 31.7 Å². The van der Waals surface area contributed by atoms with Gasteiger partial charge in [-0.3, -0.25) is 0 Å². The standard InChI is InChI=1S/C13H17NO3/c14-12(8-3-1-2-4-8)9-5-6-11(15)10(7-9)13(16)17/h5-8,12,15H,1-4,14H2,(H,16,17)/t12-/m1/s1. The summed E-state index contributed by atoms with van der Waals surface area (Å²) in [4.78, 5) is 10.9. The van der Waals surface area contributed by atoms with E-state index in [0.717, 1.165) is 18.4 Å². The van der Waals surface area contributed by atoms with Crippen LogP contribution < -0.4 is 5.73 Å². The summed E-state index contributed by atoms with van der Waals surface area (Å²) in [6.45, 7) is 0. The molecule has 1 aromatic carbocycles. The Morgan fingerprint density at radius 2 is 2.00 bits per heavy atom. The average molecular weight is 235 g/mol. The van der Waals surface area contributed by atoms with Crippen LogP contribution in [0, 0.1) is 5.92 Å². The fraction of sp³-hybridized carbons (Fsp3) is 0.462. The van der Waals surface area contributed by atoms with Gasteiger partial charge in [0, 0.05) is 6.04 Å². The molecule has 0 radical (unpaired) electrons. The number of rotatable bonds is 3. The first-order valence-electron chi connectivity index (χ1n) is 5.91. The van der Waals surface area contributed by atoms with Crippen molar-refractivity contribution in [2.24, 2.45) is 11.7 Å². The Hall–Kier alpha value is -1.55. The minimum atomic E-state index is -1.12. The molecule has 1 aromatic rings. The Morgan fingerprint density at radius 3 is 2.59 bits per heavy atom. The SMILES string of the molecule is N[C@@H](c1ccc(O)c(C(=O)O)c1)C1CCCC1. The minimum Gasteiger partial charge on any atom is -0.507 e. The van der Waals surface area contributed by atoms with Crippen molar-refractivity contribution in [1.29, 1.82) is 0 Å². The predicted octanol–water partition coefficient (Wildman–Crippen LogP) is 2.28. The number of hydrogen-bond acceptors (Lipinski definition) is 3. The molecule has 92 valence electrons. The molecule has 1 atom stereocenters. The van der Waals surface area contributed by atoms with Crippen molar-refractivity contribution in [3.63, 3.8) is 0 Å². The van der Waals surface area contributed by atoms with Gasteiger partial charge >= 0.3 is 5.97 Å². The van der Waals surface area contributed by atoms with Crippen molar-refractivity contribution < 1.29 is 15.0 Å². The smallest absolute Gasteiger partial charge is 0.339 e. The molecule has 0 saturated heterocycles. The van der Waals surface area contributed by atoms with Crippen LogP contribution >= 0.6 is 0 Å². The highest BCUT2D eigenvalue weighted by molar-refractivity contribution is 5.90. The predicted molar refractivity (Wildman–Crippen MR) is 64.0 cm³/mol. The van der Waals surface area contributed by atoms with Crippen LogP contribution in [0.2, 0.25) is 0 Å². The van der Waals surface area contributed by atoms with Crippen LogP contribution in [0.1, 0.15) is 47.6 Å². The molecule has 17 heavy (non-hydrogen) atoms. The highest BCUT2D eigenvalue weighted by Gasteiger charge is 2.24. The number of phenols is 1. The monoisotopic (exact) mass is 235 g/mol. The molecule has 0 aromatic heterocycles. The topological polar surface area (TPSA) is 83.5 Å². The fourth-order valence-corrected chi connectivity index (χ4v) is 2.52. The molecule has 1 aliphatic carbocycles. The lowest BCUT2D eigenvalue weighted by atomic mass is 9.91. The molecule has 1 fully saturated rings. The highest BCUT2D eigenvalue weighted by Crippen LogP contribution is 2.35. The van der Waals surface area contributed by atoms with Gasteiger partial charge in [-0.05, 0) is 36.5 Å². The van der Waals surface area contributed by atoms with Gasteiger partial charge in [0.1, 0.15) is 11.3 Å². The van der Waals surface area contributed by atoms with Crippen molar-refractivity contribution >= 4 is 5.97 Å². The zero-order chi connectivity index (χ0) is 12.4. The van der Waals surface area contributed by atoms with E-state index in [4.69, 9.17) is 10.8 Å². The second-order valence-corrected chi connectivity index (χ2v) is 4.65. The lowest BCUT2D eigenvalue weighted by molar-refractivity contribution is 0.0693. The summed E-state index contributed by atoms with van der Waals surface area (Å²) in [6, 6.07) is 4.48. The normalized spacial score (nSPS) is 18.2. The Kier molecular flexibility index (Phi) is 3.33. The van der Waals surface area contributed by atoms with Crippen LogP contribution in [0.5, 0.6) is 5.75 Å². The van der Waals surface area contributed by atoms with E-state index in [1.165, 1.54) is 25.0 Å². The highest BCUT2D eigenvalue weighted by atomic mass is 16.4. The molecular weight excluding hydrogens is 218 g/mol. The van der Waals surface area contributed by atoms with Crippen molar-refractivity contribution in [2.75, 3.05) is 0 Å². The van der Waals surface area contributed by atoms with Gasteiger partial charge in [0.25, 0.3) is 0 Å². The molecule has 4 heteroatoms. The van der Waals surface area contributed by atoms with Crippen LogP contribution in [0.3, 0.4) is 0 Å². The number of hydrogen-bond donors (Lipinski definition) is 3. The third-order valence-corrected chi connectivity index (χ3v) is 3.54. The summed E-state index contributed by atoms with van der Waals surface area (Å²) >= 11 is 0. The molecule has 0 spiro atoms. The maximum absolute atomic E-state index is 10.9. The minimum absolute atomic E-state index is 0.0732. The Morgan fingerprint density at radius 1 is 1.35 bits per heavy atom. The molecule has 0 amide bonds. The summed E-state index contributed by atoms with van der Waals surface area (Å²) < 4.78 is 0.